The Kier molecular flexibility index (Phi) is 5.06. The zero-order valence-electron chi connectivity index (χ0n) is 12.6. The minimum absolute atomic E-state index is 0.149. The molecule has 0 saturated heterocycles. The zero-order valence-corrected chi connectivity index (χ0v) is 12.6. The highest BCUT2D eigenvalue weighted by Crippen LogP contribution is 2.34. The maximum absolute atomic E-state index is 6.38. The van der Waals surface area contributed by atoms with Crippen molar-refractivity contribution in [2.75, 3.05) is 13.1 Å². The molecule has 0 aliphatic heterocycles. The van der Waals surface area contributed by atoms with E-state index in [2.05, 4.69) is 24.8 Å². The Morgan fingerprint density at radius 2 is 2.11 bits per heavy atom. The third-order valence-electron chi connectivity index (χ3n) is 4.02. The first-order valence-corrected chi connectivity index (χ1v) is 7.71. The van der Waals surface area contributed by atoms with E-state index in [1.165, 1.54) is 25.8 Å². The minimum Gasteiger partial charge on any atom is -0.465 e. The first-order valence-electron chi connectivity index (χ1n) is 7.71. The molecule has 1 fully saturated rings. The first kappa shape index (κ1) is 14.6. The number of nitrogens with zero attached hydrogens (tertiary/aromatic N) is 1. The molecule has 2 atom stereocenters. The van der Waals surface area contributed by atoms with Crippen LogP contribution < -0.4 is 5.73 Å². The SMILES string of the molecule is CCCN(CC1CC1)C(c1ccc(C)o1)C(N)CC. The van der Waals surface area contributed by atoms with E-state index in [1.54, 1.807) is 0 Å². The van der Waals surface area contributed by atoms with Gasteiger partial charge in [-0.1, -0.05) is 13.8 Å². The molecule has 0 bridgehead atoms. The summed E-state index contributed by atoms with van der Waals surface area (Å²) in [5.74, 6) is 2.90. The highest BCUT2D eigenvalue weighted by molar-refractivity contribution is 5.12. The van der Waals surface area contributed by atoms with E-state index < -0.39 is 0 Å². The van der Waals surface area contributed by atoms with Crippen molar-refractivity contribution in [2.45, 2.75) is 58.5 Å². The lowest BCUT2D eigenvalue weighted by Gasteiger charge is -2.34. The van der Waals surface area contributed by atoms with Gasteiger partial charge in [0.2, 0.25) is 0 Å². The second-order valence-corrected chi connectivity index (χ2v) is 5.90. The van der Waals surface area contributed by atoms with Gasteiger partial charge in [-0.2, -0.15) is 0 Å². The van der Waals surface area contributed by atoms with E-state index in [0.29, 0.717) is 0 Å². The quantitative estimate of drug-likeness (QED) is 0.781. The van der Waals surface area contributed by atoms with E-state index >= 15 is 0 Å². The molecule has 1 aromatic heterocycles. The molecule has 1 aromatic rings. The molecule has 1 heterocycles. The Balaban J connectivity index is 2.17. The molecule has 2 unspecified atom stereocenters. The van der Waals surface area contributed by atoms with E-state index in [4.69, 9.17) is 10.2 Å². The molecule has 1 aliphatic rings. The Labute approximate surface area is 117 Å². The lowest BCUT2D eigenvalue weighted by Crippen LogP contribution is -2.42. The minimum atomic E-state index is 0.149. The van der Waals surface area contributed by atoms with E-state index in [9.17, 15) is 0 Å². The Hall–Kier alpha value is -0.800. The maximum atomic E-state index is 6.38. The van der Waals surface area contributed by atoms with Gasteiger partial charge in [-0.05, 0) is 57.2 Å². The number of aryl methyl sites for hydroxylation is 1. The number of nitrogens with two attached hydrogens (primary N) is 1. The third-order valence-corrected chi connectivity index (χ3v) is 4.02. The van der Waals surface area contributed by atoms with Crippen molar-refractivity contribution in [1.29, 1.82) is 0 Å². The lowest BCUT2D eigenvalue weighted by atomic mass is 10.0. The lowest BCUT2D eigenvalue weighted by molar-refractivity contribution is 0.140. The van der Waals surface area contributed by atoms with Gasteiger partial charge in [-0.3, -0.25) is 4.90 Å². The Morgan fingerprint density at radius 1 is 1.37 bits per heavy atom. The van der Waals surface area contributed by atoms with Gasteiger partial charge in [0.05, 0.1) is 6.04 Å². The van der Waals surface area contributed by atoms with Crippen molar-refractivity contribution >= 4 is 0 Å². The molecule has 2 N–H and O–H groups in total. The van der Waals surface area contributed by atoms with Crippen molar-refractivity contribution in [1.82, 2.24) is 4.90 Å². The Bertz CT molecular complexity index is 384. The molecule has 1 aliphatic carbocycles. The number of hydrogen-bond acceptors (Lipinski definition) is 3. The summed E-state index contributed by atoms with van der Waals surface area (Å²) in [5.41, 5.74) is 6.38. The predicted molar refractivity (Wildman–Crippen MR) is 79.0 cm³/mol. The van der Waals surface area contributed by atoms with Gasteiger partial charge < -0.3 is 10.2 Å². The van der Waals surface area contributed by atoms with Crippen LogP contribution in [0.5, 0.6) is 0 Å². The summed E-state index contributed by atoms with van der Waals surface area (Å²) >= 11 is 0. The molecule has 0 radical (unpaired) electrons. The average molecular weight is 264 g/mol. The molecular formula is C16H28N2O. The fourth-order valence-electron chi connectivity index (χ4n) is 2.76. The smallest absolute Gasteiger partial charge is 0.122 e. The fraction of sp³-hybridized carbons (Fsp3) is 0.750. The number of rotatable bonds is 8. The fourth-order valence-corrected chi connectivity index (χ4v) is 2.76. The highest BCUT2D eigenvalue weighted by Gasteiger charge is 2.32. The monoisotopic (exact) mass is 264 g/mol. The van der Waals surface area contributed by atoms with Crippen molar-refractivity contribution in [2.24, 2.45) is 11.7 Å². The van der Waals surface area contributed by atoms with Gasteiger partial charge >= 0.3 is 0 Å². The van der Waals surface area contributed by atoms with Crippen LogP contribution in [0.3, 0.4) is 0 Å². The first-order chi connectivity index (χ1) is 9.15. The third kappa shape index (κ3) is 3.83. The van der Waals surface area contributed by atoms with Crippen molar-refractivity contribution in [3.8, 4) is 0 Å². The summed E-state index contributed by atoms with van der Waals surface area (Å²) in [4.78, 5) is 2.55. The summed E-state index contributed by atoms with van der Waals surface area (Å²) in [5, 5.41) is 0. The van der Waals surface area contributed by atoms with Crippen LogP contribution in [0, 0.1) is 12.8 Å². The van der Waals surface area contributed by atoms with Crippen LogP contribution in [0.25, 0.3) is 0 Å². The van der Waals surface area contributed by atoms with Gasteiger partial charge in [-0.15, -0.1) is 0 Å². The summed E-state index contributed by atoms with van der Waals surface area (Å²) in [7, 11) is 0. The van der Waals surface area contributed by atoms with E-state index in [1.807, 2.05) is 13.0 Å². The van der Waals surface area contributed by atoms with Crippen molar-refractivity contribution in [3.05, 3.63) is 23.7 Å². The largest absolute Gasteiger partial charge is 0.465 e. The molecule has 0 spiro atoms. The average Bonchev–Trinajstić information content (AvgIpc) is 3.11. The predicted octanol–water partition coefficient (Wildman–Crippen LogP) is 3.49. The highest BCUT2D eigenvalue weighted by atomic mass is 16.3. The van der Waals surface area contributed by atoms with E-state index in [0.717, 1.165) is 30.4 Å². The zero-order chi connectivity index (χ0) is 13.8. The number of furan rings is 1. The molecule has 19 heavy (non-hydrogen) atoms. The number of hydrogen-bond donors (Lipinski definition) is 1. The van der Waals surface area contributed by atoms with Crippen LogP contribution in [0.15, 0.2) is 16.5 Å². The molecule has 3 heteroatoms. The van der Waals surface area contributed by atoms with Crippen LogP contribution in [-0.4, -0.2) is 24.0 Å². The van der Waals surface area contributed by atoms with Crippen LogP contribution in [0.2, 0.25) is 0 Å². The topological polar surface area (TPSA) is 42.4 Å². The van der Waals surface area contributed by atoms with Crippen molar-refractivity contribution in [3.63, 3.8) is 0 Å². The van der Waals surface area contributed by atoms with Crippen LogP contribution in [0.1, 0.15) is 57.1 Å². The van der Waals surface area contributed by atoms with Crippen LogP contribution in [0.4, 0.5) is 0 Å². The normalized spacial score (nSPS) is 18.8. The summed E-state index contributed by atoms with van der Waals surface area (Å²) in [6.45, 7) is 8.68. The van der Waals surface area contributed by atoms with Crippen LogP contribution in [-0.2, 0) is 0 Å². The van der Waals surface area contributed by atoms with Crippen LogP contribution >= 0.6 is 0 Å². The molecule has 0 aromatic carbocycles. The molecule has 1 saturated carbocycles. The molecule has 3 nitrogen and oxygen atoms in total. The maximum Gasteiger partial charge on any atom is 0.122 e. The summed E-state index contributed by atoms with van der Waals surface area (Å²) in [6.07, 6.45) is 4.91. The van der Waals surface area contributed by atoms with Gasteiger partial charge in [0.15, 0.2) is 0 Å². The summed E-state index contributed by atoms with van der Waals surface area (Å²) < 4.78 is 5.88. The van der Waals surface area contributed by atoms with Gasteiger partial charge in [0.25, 0.3) is 0 Å². The molecule has 0 amide bonds. The second-order valence-electron chi connectivity index (χ2n) is 5.90. The van der Waals surface area contributed by atoms with Crippen molar-refractivity contribution < 1.29 is 4.42 Å². The molecule has 2 rings (SSSR count). The Morgan fingerprint density at radius 3 is 2.58 bits per heavy atom. The standard InChI is InChI=1S/C16H28N2O/c1-4-10-18(11-13-7-8-13)16(14(17)5-2)15-9-6-12(3)19-15/h6,9,13-14,16H,4-5,7-8,10-11,17H2,1-3H3. The van der Waals surface area contributed by atoms with Gasteiger partial charge in [0.1, 0.15) is 11.5 Å². The van der Waals surface area contributed by atoms with E-state index in [-0.39, 0.29) is 12.1 Å². The van der Waals surface area contributed by atoms with Gasteiger partial charge in [0, 0.05) is 12.6 Å². The van der Waals surface area contributed by atoms with Gasteiger partial charge in [-0.25, -0.2) is 0 Å². The second kappa shape index (κ2) is 6.58. The molecule has 108 valence electrons. The summed E-state index contributed by atoms with van der Waals surface area (Å²) in [6, 6.07) is 4.53. The molecular weight excluding hydrogens is 236 g/mol.